The third-order valence-corrected chi connectivity index (χ3v) is 3.85. The number of carboxylic acids is 1. The number of pyridine rings is 1. The Morgan fingerprint density at radius 1 is 1.42 bits per heavy atom. The van der Waals surface area contributed by atoms with E-state index < -0.39 is 11.5 Å². The van der Waals surface area contributed by atoms with Crippen molar-refractivity contribution in [2.24, 2.45) is 0 Å². The van der Waals surface area contributed by atoms with E-state index in [0.29, 0.717) is 19.4 Å². The molecule has 0 saturated carbocycles. The Balaban J connectivity index is 1.96. The molecule has 19 heavy (non-hydrogen) atoms. The number of aliphatic carboxylic acids is 1. The number of amides is 1. The highest BCUT2D eigenvalue weighted by atomic mass is 16.4. The summed E-state index contributed by atoms with van der Waals surface area (Å²) in [5.41, 5.74) is 0.169. The minimum absolute atomic E-state index is 0.155. The number of hydrogen-bond acceptors (Lipinski definition) is 3. The molecular weight excluding hydrogens is 244 g/mol. The highest BCUT2D eigenvalue weighted by Crippen LogP contribution is 2.35. The van der Waals surface area contributed by atoms with Gasteiger partial charge in [-0.2, -0.15) is 0 Å². The van der Waals surface area contributed by atoms with E-state index in [0.717, 1.165) is 18.4 Å². The van der Waals surface area contributed by atoms with Crippen LogP contribution < -0.4 is 0 Å². The molecule has 102 valence electrons. The maximum absolute atomic E-state index is 11.5. The fraction of sp³-hybridized carbons (Fsp3) is 0.500. The first kappa shape index (κ1) is 13.5. The molecule has 1 unspecified atom stereocenters. The zero-order chi connectivity index (χ0) is 13.9. The van der Waals surface area contributed by atoms with E-state index in [4.69, 9.17) is 0 Å². The summed E-state index contributed by atoms with van der Waals surface area (Å²) in [7, 11) is 0. The molecule has 1 aliphatic heterocycles. The minimum atomic E-state index is -0.973. The van der Waals surface area contributed by atoms with Gasteiger partial charge in [0.2, 0.25) is 5.91 Å². The van der Waals surface area contributed by atoms with E-state index in [-0.39, 0.29) is 5.91 Å². The topological polar surface area (TPSA) is 70.5 Å². The van der Waals surface area contributed by atoms with Crippen LogP contribution in [0.5, 0.6) is 0 Å². The fourth-order valence-electron chi connectivity index (χ4n) is 2.68. The number of hydrogen-bond donors (Lipinski definition) is 1. The van der Waals surface area contributed by atoms with Gasteiger partial charge in [0.25, 0.3) is 0 Å². The van der Waals surface area contributed by atoms with Gasteiger partial charge in [-0.15, -0.1) is 0 Å². The molecule has 0 aliphatic carbocycles. The number of aryl methyl sites for hydroxylation is 1. The van der Waals surface area contributed by atoms with Crippen LogP contribution in [0, 0.1) is 0 Å². The van der Waals surface area contributed by atoms with Crippen LogP contribution in [0.4, 0.5) is 0 Å². The summed E-state index contributed by atoms with van der Waals surface area (Å²) >= 11 is 0. The van der Waals surface area contributed by atoms with Crippen molar-refractivity contribution in [3.05, 3.63) is 30.1 Å². The largest absolute Gasteiger partial charge is 0.479 e. The first-order valence-electron chi connectivity index (χ1n) is 6.47. The van der Waals surface area contributed by atoms with E-state index in [9.17, 15) is 14.7 Å². The first-order chi connectivity index (χ1) is 9.06. The lowest BCUT2D eigenvalue weighted by Crippen LogP contribution is -2.66. The Bertz CT molecular complexity index is 475. The Morgan fingerprint density at radius 2 is 2.11 bits per heavy atom. The van der Waals surface area contributed by atoms with E-state index in [1.807, 2.05) is 12.1 Å². The number of rotatable bonds is 5. The van der Waals surface area contributed by atoms with Gasteiger partial charge < -0.3 is 10.0 Å². The molecule has 2 rings (SSSR count). The van der Waals surface area contributed by atoms with Crippen molar-refractivity contribution >= 4 is 11.9 Å². The molecule has 1 aromatic heterocycles. The Morgan fingerprint density at radius 3 is 2.58 bits per heavy atom. The van der Waals surface area contributed by atoms with Gasteiger partial charge >= 0.3 is 5.97 Å². The van der Waals surface area contributed by atoms with Gasteiger partial charge in [0.15, 0.2) is 0 Å². The number of carbonyl (C=O) groups excluding carboxylic acids is 1. The molecule has 0 radical (unpaired) electrons. The van der Waals surface area contributed by atoms with Crippen molar-refractivity contribution in [3.8, 4) is 0 Å². The maximum atomic E-state index is 11.5. The van der Waals surface area contributed by atoms with Crippen LogP contribution in [-0.2, 0) is 16.0 Å². The van der Waals surface area contributed by atoms with Crippen LogP contribution in [0.15, 0.2) is 24.5 Å². The number of likely N-dealkylation sites (tertiary alicyclic amines) is 1. The van der Waals surface area contributed by atoms with Crippen LogP contribution in [-0.4, -0.2) is 39.0 Å². The second-order valence-corrected chi connectivity index (χ2v) is 4.97. The third-order valence-electron chi connectivity index (χ3n) is 3.85. The van der Waals surface area contributed by atoms with Gasteiger partial charge in [0, 0.05) is 25.9 Å². The van der Waals surface area contributed by atoms with Crippen LogP contribution >= 0.6 is 0 Å². The zero-order valence-corrected chi connectivity index (χ0v) is 11.0. The summed E-state index contributed by atoms with van der Waals surface area (Å²) < 4.78 is 0. The van der Waals surface area contributed by atoms with Crippen LogP contribution in [0.2, 0.25) is 0 Å². The molecule has 1 aromatic rings. The van der Waals surface area contributed by atoms with E-state index >= 15 is 0 Å². The van der Waals surface area contributed by atoms with Crippen molar-refractivity contribution in [2.75, 3.05) is 6.54 Å². The first-order valence-corrected chi connectivity index (χ1v) is 6.47. The highest BCUT2D eigenvalue weighted by molar-refractivity contribution is 5.88. The summed E-state index contributed by atoms with van der Waals surface area (Å²) in [6, 6.07) is 3.86. The predicted octanol–water partition coefficient (Wildman–Crippen LogP) is 1.48. The second kappa shape index (κ2) is 5.38. The molecule has 1 aliphatic rings. The monoisotopic (exact) mass is 262 g/mol. The Kier molecular flexibility index (Phi) is 3.83. The number of carboxylic acid groups (broad SMARTS) is 1. The molecular formula is C14H18N2O3. The third kappa shape index (κ3) is 2.59. The van der Waals surface area contributed by atoms with E-state index in [2.05, 4.69) is 4.98 Å². The van der Waals surface area contributed by atoms with Crippen molar-refractivity contribution in [2.45, 2.75) is 38.1 Å². The lowest BCUT2D eigenvalue weighted by Gasteiger charge is -2.49. The summed E-state index contributed by atoms with van der Waals surface area (Å²) in [5, 5.41) is 9.40. The SMILES string of the molecule is CC(=O)N1CCC1(CCCc1ccncc1)C(=O)O. The zero-order valence-electron chi connectivity index (χ0n) is 11.0. The highest BCUT2D eigenvalue weighted by Gasteiger charge is 2.51. The van der Waals surface area contributed by atoms with Crippen LogP contribution in [0.3, 0.4) is 0 Å². The molecule has 0 bridgehead atoms. The Labute approximate surface area is 112 Å². The summed E-state index contributed by atoms with van der Waals surface area (Å²) in [6.07, 6.45) is 6.08. The van der Waals surface area contributed by atoms with Crippen LogP contribution in [0.25, 0.3) is 0 Å². The molecule has 1 amide bonds. The van der Waals surface area contributed by atoms with Crippen molar-refractivity contribution in [3.63, 3.8) is 0 Å². The molecule has 5 heteroatoms. The Hall–Kier alpha value is -1.91. The quantitative estimate of drug-likeness (QED) is 0.872. The van der Waals surface area contributed by atoms with Gasteiger partial charge in [-0.25, -0.2) is 4.79 Å². The van der Waals surface area contributed by atoms with Gasteiger partial charge in [-0.1, -0.05) is 0 Å². The van der Waals surface area contributed by atoms with Crippen molar-refractivity contribution in [1.29, 1.82) is 0 Å². The predicted molar refractivity (Wildman–Crippen MR) is 69.5 cm³/mol. The summed E-state index contributed by atoms with van der Waals surface area (Å²) in [6.45, 7) is 1.98. The minimum Gasteiger partial charge on any atom is -0.479 e. The lowest BCUT2D eigenvalue weighted by atomic mass is 9.79. The average molecular weight is 262 g/mol. The van der Waals surface area contributed by atoms with Crippen molar-refractivity contribution < 1.29 is 14.7 Å². The van der Waals surface area contributed by atoms with E-state index in [1.54, 1.807) is 12.4 Å². The standard InChI is InChI=1S/C14H18N2O3/c1-11(17)16-10-7-14(16,13(18)19)6-2-3-12-4-8-15-9-5-12/h4-5,8-9H,2-3,6-7,10H2,1H3,(H,18,19). The van der Waals surface area contributed by atoms with Gasteiger partial charge in [0.1, 0.15) is 5.54 Å². The summed E-state index contributed by atoms with van der Waals surface area (Å²) in [5.74, 6) is -1.04. The van der Waals surface area contributed by atoms with Gasteiger partial charge in [-0.3, -0.25) is 9.78 Å². The number of carbonyl (C=O) groups is 2. The molecule has 0 spiro atoms. The molecule has 1 fully saturated rings. The lowest BCUT2D eigenvalue weighted by molar-refractivity contribution is -0.170. The van der Waals surface area contributed by atoms with Gasteiger partial charge in [-0.05, 0) is 43.4 Å². The summed E-state index contributed by atoms with van der Waals surface area (Å²) in [4.78, 5) is 28.3. The molecule has 5 nitrogen and oxygen atoms in total. The number of aromatic nitrogens is 1. The van der Waals surface area contributed by atoms with Gasteiger partial charge in [0.05, 0.1) is 0 Å². The molecule has 1 atom stereocenters. The van der Waals surface area contributed by atoms with Crippen LogP contribution in [0.1, 0.15) is 31.7 Å². The molecule has 2 heterocycles. The second-order valence-electron chi connectivity index (χ2n) is 4.97. The molecule has 1 saturated heterocycles. The fourth-order valence-corrected chi connectivity index (χ4v) is 2.68. The van der Waals surface area contributed by atoms with E-state index in [1.165, 1.54) is 11.8 Å². The van der Waals surface area contributed by atoms with Crippen molar-refractivity contribution in [1.82, 2.24) is 9.88 Å². The molecule has 0 aromatic carbocycles. The normalized spacial score (nSPS) is 21.8. The maximum Gasteiger partial charge on any atom is 0.329 e. The smallest absolute Gasteiger partial charge is 0.329 e. The number of nitrogens with zero attached hydrogens (tertiary/aromatic N) is 2. The average Bonchev–Trinajstić information content (AvgIpc) is 2.33. The molecule has 1 N–H and O–H groups in total.